The highest BCUT2D eigenvalue weighted by Crippen LogP contribution is 2.23. The second-order valence-electron chi connectivity index (χ2n) is 7.55. The minimum absolute atomic E-state index is 0.104. The molecule has 1 aliphatic rings. The lowest BCUT2D eigenvalue weighted by Crippen LogP contribution is -2.31. The molecule has 1 aliphatic heterocycles. The quantitative estimate of drug-likeness (QED) is 0.628. The van der Waals surface area contributed by atoms with Crippen molar-refractivity contribution in [3.63, 3.8) is 0 Å². The number of oxazole rings is 1. The van der Waals surface area contributed by atoms with Crippen molar-refractivity contribution < 1.29 is 18.7 Å². The van der Waals surface area contributed by atoms with Crippen LogP contribution >= 0.6 is 0 Å². The van der Waals surface area contributed by atoms with Crippen molar-refractivity contribution in [3.05, 3.63) is 71.1 Å². The SMILES string of the molecule is Cc1ccc(OCc2nc(-c3ccc(C(=O)NCC4CCCO4)cc3)oc2C)cc1. The Morgan fingerprint density at radius 1 is 1.13 bits per heavy atom. The summed E-state index contributed by atoms with van der Waals surface area (Å²) in [6.07, 6.45) is 2.19. The van der Waals surface area contributed by atoms with Crippen molar-refractivity contribution >= 4 is 5.91 Å². The van der Waals surface area contributed by atoms with E-state index in [0.29, 0.717) is 24.6 Å². The average molecular weight is 406 g/mol. The highest BCUT2D eigenvalue weighted by atomic mass is 16.5. The number of hydrogen-bond acceptors (Lipinski definition) is 5. The highest BCUT2D eigenvalue weighted by molar-refractivity contribution is 5.94. The monoisotopic (exact) mass is 406 g/mol. The lowest BCUT2D eigenvalue weighted by molar-refractivity contribution is 0.0858. The van der Waals surface area contributed by atoms with Gasteiger partial charge in [0.25, 0.3) is 5.91 Å². The fraction of sp³-hybridized carbons (Fsp3) is 0.333. The summed E-state index contributed by atoms with van der Waals surface area (Å²) in [4.78, 5) is 16.9. The van der Waals surface area contributed by atoms with E-state index in [1.165, 1.54) is 5.56 Å². The summed E-state index contributed by atoms with van der Waals surface area (Å²) in [5, 5.41) is 2.93. The minimum atomic E-state index is -0.104. The smallest absolute Gasteiger partial charge is 0.251 e. The van der Waals surface area contributed by atoms with Crippen molar-refractivity contribution in [2.45, 2.75) is 39.4 Å². The molecule has 0 spiro atoms. The molecular formula is C24H26N2O4. The number of carbonyl (C=O) groups is 1. The van der Waals surface area contributed by atoms with Gasteiger partial charge in [-0.05, 0) is 63.1 Å². The van der Waals surface area contributed by atoms with Crippen LogP contribution in [0.4, 0.5) is 0 Å². The van der Waals surface area contributed by atoms with Crippen molar-refractivity contribution in [2.75, 3.05) is 13.2 Å². The van der Waals surface area contributed by atoms with E-state index in [2.05, 4.69) is 10.3 Å². The van der Waals surface area contributed by atoms with E-state index in [1.54, 1.807) is 12.1 Å². The summed E-state index contributed by atoms with van der Waals surface area (Å²) in [6.45, 7) is 5.57. The van der Waals surface area contributed by atoms with Crippen LogP contribution in [0.3, 0.4) is 0 Å². The largest absolute Gasteiger partial charge is 0.487 e. The van der Waals surface area contributed by atoms with Crippen LogP contribution in [-0.4, -0.2) is 30.1 Å². The average Bonchev–Trinajstić information content (AvgIpc) is 3.41. The molecule has 3 aromatic rings. The van der Waals surface area contributed by atoms with E-state index in [1.807, 2.05) is 50.2 Å². The number of hydrogen-bond donors (Lipinski definition) is 1. The molecule has 1 unspecified atom stereocenters. The molecule has 1 atom stereocenters. The zero-order valence-electron chi connectivity index (χ0n) is 17.3. The zero-order chi connectivity index (χ0) is 20.9. The molecule has 1 fully saturated rings. The molecule has 0 radical (unpaired) electrons. The van der Waals surface area contributed by atoms with Gasteiger partial charge in [0.2, 0.25) is 5.89 Å². The number of benzene rings is 2. The van der Waals surface area contributed by atoms with E-state index >= 15 is 0 Å². The van der Waals surface area contributed by atoms with Gasteiger partial charge in [-0.3, -0.25) is 4.79 Å². The van der Waals surface area contributed by atoms with Crippen LogP contribution in [0.1, 0.15) is 40.2 Å². The Kier molecular flexibility index (Phi) is 6.14. The predicted molar refractivity (Wildman–Crippen MR) is 113 cm³/mol. The Balaban J connectivity index is 1.37. The molecule has 156 valence electrons. The molecule has 0 aliphatic carbocycles. The minimum Gasteiger partial charge on any atom is -0.487 e. The van der Waals surface area contributed by atoms with Crippen LogP contribution in [0.2, 0.25) is 0 Å². The summed E-state index contributed by atoms with van der Waals surface area (Å²) in [5.74, 6) is 1.92. The summed E-state index contributed by atoms with van der Waals surface area (Å²) in [7, 11) is 0. The Morgan fingerprint density at radius 3 is 2.60 bits per heavy atom. The number of carbonyl (C=O) groups excluding carboxylic acids is 1. The van der Waals surface area contributed by atoms with E-state index in [-0.39, 0.29) is 12.0 Å². The number of nitrogens with one attached hydrogen (secondary N) is 1. The van der Waals surface area contributed by atoms with Gasteiger partial charge in [-0.25, -0.2) is 4.98 Å². The second kappa shape index (κ2) is 9.13. The summed E-state index contributed by atoms with van der Waals surface area (Å²) >= 11 is 0. The zero-order valence-corrected chi connectivity index (χ0v) is 17.3. The van der Waals surface area contributed by atoms with E-state index in [9.17, 15) is 4.79 Å². The van der Waals surface area contributed by atoms with Crippen LogP contribution in [0.25, 0.3) is 11.5 Å². The molecule has 1 amide bonds. The van der Waals surface area contributed by atoms with Gasteiger partial charge >= 0.3 is 0 Å². The molecule has 6 heteroatoms. The fourth-order valence-corrected chi connectivity index (χ4v) is 3.35. The van der Waals surface area contributed by atoms with Gasteiger partial charge in [-0.15, -0.1) is 0 Å². The Labute approximate surface area is 176 Å². The van der Waals surface area contributed by atoms with Crippen LogP contribution < -0.4 is 10.1 Å². The third-order valence-corrected chi connectivity index (χ3v) is 5.20. The molecule has 1 N–H and O–H groups in total. The maximum absolute atomic E-state index is 12.3. The number of nitrogens with zero attached hydrogens (tertiary/aromatic N) is 1. The maximum atomic E-state index is 12.3. The van der Waals surface area contributed by atoms with Crippen LogP contribution in [-0.2, 0) is 11.3 Å². The van der Waals surface area contributed by atoms with E-state index < -0.39 is 0 Å². The van der Waals surface area contributed by atoms with Crippen LogP contribution in [0, 0.1) is 13.8 Å². The molecule has 4 rings (SSSR count). The summed E-state index contributed by atoms with van der Waals surface area (Å²) < 4.78 is 17.2. The predicted octanol–water partition coefficient (Wildman–Crippen LogP) is 4.45. The first kappa shape index (κ1) is 20.2. The molecule has 1 aromatic heterocycles. The second-order valence-corrected chi connectivity index (χ2v) is 7.55. The molecule has 0 saturated carbocycles. The number of aromatic nitrogens is 1. The Morgan fingerprint density at radius 2 is 1.90 bits per heavy atom. The third-order valence-electron chi connectivity index (χ3n) is 5.20. The molecule has 0 bridgehead atoms. The van der Waals surface area contributed by atoms with Crippen molar-refractivity contribution in [2.24, 2.45) is 0 Å². The molecule has 2 heterocycles. The Hall–Kier alpha value is -3.12. The molecule has 2 aromatic carbocycles. The lowest BCUT2D eigenvalue weighted by Gasteiger charge is -2.10. The molecule has 30 heavy (non-hydrogen) atoms. The maximum Gasteiger partial charge on any atom is 0.251 e. The number of aryl methyl sites for hydroxylation is 2. The van der Waals surface area contributed by atoms with Crippen molar-refractivity contribution in [1.29, 1.82) is 0 Å². The first-order valence-corrected chi connectivity index (χ1v) is 10.2. The van der Waals surface area contributed by atoms with Crippen molar-refractivity contribution in [3.8, 4) is 17.2 Å². The third kappa shape index (κ3) is 4.89. The molecule has 6 nitrogen and oxygen atoms in total. The summed E-state index contributed by atoms with van der Waals surface area (Å²) in [6, 6.07) is 15.1. The van der Waals surface area contributed by atoms with E-state index in [0.717, 1.165) is 42.2 Å². The normalized spacial score (nSPS) is 15.9. The first-order valence-electron chi connectivity index (χ1n) is 10.2. The van der Waals surface area contributed by atoms with Gasteiger partial charge in [-0.1, -0.05) is 17.7 Å². The number of amides is 1. The van der Waals surface area contributed by atoms with Crippen molar-refractivity contribution in [1.82, 2.24) is 10.3 Å². The Bertz CT molecular complexity index is 987. The molecule has 1 saturated heterocycles. The van der Waals surface area contributed by atoms with E-state index in [4.69, 9.17) is 13.9 Å². The number of rotatable bonds is 7. The van der Waals surface area contributed by atoms with Gasteiger partial charge in [0.1, 0.15) is 23.8 Å². The number of ether oxygens (including phenoxy) is 2. The van der Waals surface area contributed by atoms with Gasteiger partial charge in [0, 0.05) is 24.3 Å². The van der Waals surface area contributed by atoms with Crippen LogP contribution in [0.5, 0.6) is 5.75 Å². The van der Waals surface area contributed by atoms with Gasteiger partial charge in [-0.2, -0.15) is 0 Å². The topological polar surface area (TPSA) is 73.6 Å². The van der Waals surface area contributed by atoms with Crippen LogP contribution in [0.15, 0.2) is 52.9 Å². The lowest BCUT2D eigenvalue weighted by atomic mass is 10.1. The molecular weight excluding hydrogens is 380 g/mol. The van der Waals surface area contributed by atoms with Gasteiger partial charge in [0.15, 0.2) is 0 Å². The highest BCUT2D eigenvalue weighted by Gasteiger charge is 2.17. The fourth-order valence-electron chi connectivity index (χ4n) is 3.35. The van der Waals surface area contributed by atoms with Gasteiger partial charge < -0.3 is 19.2 Å². The standard InChI is InChI=1S/C24H26N2O4/c1-16-5-11-20(12-6-16)29-15-22-17(2)30-24(26-22)19-9-7-18(8-10-19)23(27)25-14-21-4-3-13-28-21/h5-12,21H,3-4,13-15H2,1-2H3,(H,25,27). The van der Waals surface area contributed by atoms with Gasteiger partial charge in [0.05, 0.1) is 6.10 Å². The first-order chi connectivity index (χ1) is 14.6. The summed E-state index contributed by atoms with van der Waals surface area (Å²) in [5.41, 5.74) is 3.36.